The molecule has 0 atom stereocenters. The van der Waals surface area contributed by atoms with Gasteiger partial charge in [-0.05, 0) is 55.0 Å². The third kappa shape index (κ3) is 3.19. The fraction of sp³-hybridized carbons (Fsp3) is 0.250. The van der Waals surface area contributed by atoms with Crippen molar-refractivity contribution in [1.82, 2.24) is 4.98 Å². The largest absolute Gasteiger partial charge is 0.353 e. The first kappa shape index (κ1) is 16.3. The highest BCUT2D eigenvalue weighted by atomic mass is 35.5. The minimum absolute atomic E-state index is 0.635. The highest BCUT2D eigenvalue weighted by Crippen LogP contribution is 2.30. The van der Waals surface area contributed by atoms with E-state index in [1.807, 2.05) is 24.3 Å². The van der Waals surface area contributed by atoms with Gasteiger partial charge in [-0.25, -0.2) is 8.78 Å². The Labute approximate surface area is 149 Å². The van der Waals surface area contributed by atoms with E-state index in [0.717, 1.165) is 53.1 Å². The number of benzene rings is 2. The van der Waals surface area contributed by atoms with E-state index in [4.69, 9.17) is 16.6 Å². The Bertz CT molecular complexity index is 958. The quantitative estimate of drug-likeness (QED) is 0.643. The Morgan fingerprint density at radius 1 is 1.04 bits per heavy atom. The molecule has 0 saturated heterocycles. The first-order valence-corrected chi connectivity index (χ1v) is 8.77. The highest BCUT2D eigenvalue weighted by Gasteiger charge is 2.21. The second kappa shape index (κ2) is 6.60. The van der Waals surface area contributed by atoms with Crippen molar-refractivity contribution < 1.29 is 8.78 Å². The zero-order valence-electron chi connectivity index (χ0n) is 13.6. The van der Waals surface area contributed by atoms with Crippen molar-refractivity contribution in [2.24, 2.45) is 4.99 Å². The highest BCUT2D eigenvalue weighted by molar-refractivity contribution is 6.30. The van der Waals surface area contributed by atoms with E-state index >= 15 is 0 Å². The van der Waals surface area contributed by atoms with E-state index < -0.39 is 11.6 Å². The predicted molar refractivity (Wildman–Crippen MR) is 97.7 cm³/mol. The van der Waals surface area contributed by atoms with Crippen LogP contribution in [0.2, 0.25) is 5.02 Å². The summed E-state index contributed by atoms with van der Waals surface area (Å²) in [5.41, 5.74) is 4.79. The van der Waals surface area contributed by atoms with Crippen LogP contribution in [0.1, 0.15) is 29.7 Å². The Morgan fingerprint density at radius 3 is 2.60 bits per heavy atom. The number of aromatic amines is 1. The van der Waals surface area contributed by atoms with Crippen molar-refractivity contribution in [1.29, 1.82) is 0 Å². The lowest BCUT2D eigenvalue weighted by Gasteiger charge is -2.14. The molecular formula is C20H17ClF2N2. The Kier molecular flexibility index (Phi) is 4.30. The third-order valence-electron chi connectivity index (χ3n) is 4.69. The number of halogens is 3. The van der Waals surface area contributed by atoms with Crippen LogP contribution in [-0.4, -0.2) is 17.2 Å². The number of hydrogen-bond donors (Lipinski definition) is 1. The van der Waals surface area contributed by atoms with Gasteiger partial charge in [-0.15, -0.1) is 0 Å². The summed E-state index contributed by atoms with van der Waals surface area (Å²) in [6, 6.07) is 10.3. The Hall–Kier alpha value is -2.20. The van der Waals surface area contributed by atoms with E-state index in [1.165, 1.54) is 17.7 Å². The van der Waals surface area contributed by atoms with Gasteiger partial charge in [0.25, 0.3) is 0 Å². The van der Waals surface area contributed by atoms with Gasteiger partial charge in [0.1, 0.15) is 0 Å². The van der Waals surface area contributed by atoms with E-state index in [0.29, 0.717) is 12.1 Å². The van der Waals surface area contributed by atoms with Crippen LogP contribution in [0, 0.1) is 11.6 Å². The number of nitrogens with one attached hydrogen (secondary N) is 1. The maximum absolute atomic E-state index is 13.6. The lowest BCUT2D eigenvalue weighted by atomic mass is 9.94. The van der Waals surface area contributed by atoms with Crippen molar-refractivity contribution in [2.45, 2.75) is 25.7 Å². The molecule has 1 N–H and O–H groups in total. The van der Waals surface area contributed by atoms with Gasteiger partial charge in [-0.2, -0.15) is 0 Å². The molecule has 5 heteroatoms. The molecule has 2 aromatic carbocycles. The standard InChI is InChI=1S/C20H17ClF2N2/c21-13-6-4-12(5-7-13)8-9-24-18-3-1-2-14-15-10-16(22)17(23)11-19(15)25-20(14)18/h4-7,10-11,25H,1-3,8-9H2. The molecule has 0 spiro atoms. The van der Waals surface area contributed by atoms with E-state index in [9.17, 15) is 8.78 Å². The number of nitrogens with zero attached hydrogens (tertiary/aromatic N) is 1. The van der Waals surface area contributed by atoms with Crippen LogP contribution in [0.25, 0.3) is 10.9 Å². The first-order valence-electron chi connectivity index (χ1n) is 8.39. The normalized spacial score (nSPS) is 15.7. The van der Waals surface area contributed by atoms with Crippen LogP contribution < -0.4 is 0 Å². The molecule has 0 amide bonds. The maximum Gasteiger partial charge on any atom is 0.160 e. The van der Waals surface area contributed by atoms with Gasteiger partial charge in [0.2, 0.25) is 0 Å². The van der Waals surface area contributed by atoms with Gasteiger partial charge in [0.05, 0.1) is 11.4 Å². The fourth-order valence-electron chi connectivity index (χ4n) is 3.44. The third-order valence-corrected chi connectivity index (χ3v) is 4.94. The minimum Gasteiger partial charge on any atom is -0.353 e. The molecule has 0 aliphatic heterocycles. The Balaban J connectivity index is 1.61. The van der Waals surface area contributed by atoms with Crippen LogP contribution in [0.3, 0.4) is 0 Å². The molecule has 0 saturated carbocycles. The molecule has 1 heterocycles. The second-order valence-electron chi connectivity index (χ2n) is 6.35. The molecule has 2 nitrogen and oxygen atoms in total. The van der Waals surface area contributed by atoms with Crippen LogP contribution in [0.4, 0.5) is 8.78 Å². The molecule has 1 aliphatic carbocycles. The molecule has 0 radical (unpaired) electrons. The summed E-state index contributed by atoms with van der Waals surface area (Å²) in [4.78, 5) is 7.98. The second-order valence-corrected chi connectivity index (χ2v) is 6.79. The SMILES string of the molecule is Fc1cc2[nH]c3c(c2cc1F)CCCC3=NCCc1ccc(Cl)cc1. The lowest BCUT2D eigenvalue weighted by Crippen LogP contribution is -2.12. The van der Waals surface area contributed by atoms with Gasteiger partial charge >= 0.3 is 0 Å². The molecule has 0 unspecified atom stereocenters. The van der Waals surface area contributed by atoms with Crippen molar-refractivity contribution in [3.05, 3.63) is 69.9 Å². The summed E-state index contributed by atoms with van der Waals surface area (Å²) in [7, 11) is 0. The van der Waals surface area contributed by atoms with E-state index in [2.05, 4.69) is 4.98 Å². The number of aryl methyl sites for hydroxylation is 1. The average molecular weight is 359 g/mol. The molecule has 1 aliphatic rings. The monoisotopic (exact) mass is 358 g/mol. The van der Waals surface area contributed by atoms with Crippen LogP contribution in [0.5, 0.6) is 0 Å². The van der Waals surface area contributed by atoms with Gasteiger partial charge in [0, 0.05) is 28.5 Å². The predicted octanol–water partition coefficient (Wildman–Crippen LogP) is 5.47. The van der Waals surface area contributed by atoms with Gasteiger partial charge < -0.3 is 4.98 Å². The first-order chi connectivity index (χ1) is 12.1. The smallest absolute Gasteiger partial charge is 0.160 e. The number of rotatable bonds is 3. The molecule has 1 aromatic heterocycles. The van der Waals surface area contributed by atoms with Crippen LogP contribution in [-0.2, 0) is 12.8 Å². The molecule has 25 heavy (non-hydrogen) atoms. The number of hydrogen-bond acceptors (Lipinski definition) is 1. The lowest BCUT2D eigenvalue weighted by molar-refractivity contribution is 0.511. The maximum atomic E-state index is 13.6. The molecule has 128 valence electrons. The van der Waals surface area contributed by atoms with E-state index in [1.54, 1.807) is 0 Å². The zero-order chi connectivity index (χ0) is 17.4. The number of aliphatic imine (C=N–C) groups is 1. The Morgan fingerprint density at radius 2 is 1.80 bits per heavy atom. The number of H-pyrrole nitrogens is 1. The molecule has 0 fully saturated rings. The van der Waals surface area contributed by atoms with Crippen molar-refractivity contribution in [2.75, 3.05) is 6.54 Å². The summed E-state index contributed by atoms with van der Waals surface area (Å²) >= 11 is 5.90. The average Bonchev–Trinajstić information content (AvgIpc) is 2.95. The van der Waals surface area contributed by atoms with Crippen molar-refractivity contribution in [3.63, 3.8) is 0 Å². The number of fused-ring (bicyclic) bond motifs is 3. The molecule has 0 bridgehead atoms. The topological polar surface area (TPSA) is 28.1 Å². The molecule has 3 aromatic rings. The summed E-state index contributed by atoms with van der Waals surface area (Å²) in [5.74, 6) is -1.63. The van der Waals surface area contributed by atoms with Crippen molar-refractivity contribution >= 4 is 28.2 Å². The van der Waals surface area contributed by atoms with Gasteiger partial charge in [0.15, 0.2) is 11.6 Å². The zero-order valence-corrected chi connectivity index (χ0v) is 14.3. The van der Waals surface area contributed by atoms with Crippen LogP contribution >= 0.6 is 11.6 Å². The summed E-state index contributed by atoms with van der Waals surface area (Å²) in [6.07, 6.45) is 3.54. The molecule has 4 rings (SSSR count). The summed E-state index contributed by atoms with van der Waals surface area (Å²) in [6.45, 7) is 0.675. The van der Waals surface area contributed by atoms with Crippen LogP contribution in [0.15, 0.2) is 41.4 Å². The fourth-order valence-corrected chi connectivity index (χ4v) is 3.56. The van der Waals surface area contributed by atoms with E-state index in [-0.39, 0.29) is 0 Å². The minimum atomic E-state index is -0.827. The summed E-state index contributed by atoms with van der Waals surface area (Å²) < 4.78 is 27.1. The van der Waals surface area contributed by atoms with Gasteiger partial charge in [-0.3, -0.25) is 4.99 Å². The number of aromatic nitrogens is 1. The summed E-state index contributed by atoms with van der Waals surface area (Å²) in [5, 5.41) is 1.49. The van der Waals surface area contributed by atoms with Crippen molar-refractivity contribution in [3.8, 4) is 0 Å². The van der Waals surface area contributed by atoms with Gasteiger partial charge in [-0.1, -0.05) is 23.7 Å². The molecular weight excluding hydrogens is 342 g/mol.